The molecule has 0 amide bonds. The standard InChI is InChI=1S/CH2O3.K.Na.H2O.2H/c2-1(3)4;;;;;/h(H2,2,3,4);;;1H2;;. The molecule has 0 aliphatic rings. The molecule has 0 heterocycles. The zero-order valence-electron chi connectivity index (χ0n) is 2.30. The third-order valence-electron chi connectivity index (χ3n) is 0. The van der Waals surface area contributed by atoms with Crippen LogP contribution in [0.1, 0.15) is 0 Å². The van der Waals surface area contributed by atoms with Crippen LogP contribution < -0.4 is 0 Å². The van der Waals surface area contributed by atoms with Crippen LogP contribution in [0.5, 0.6) is 0 Å². The summed E-state index contributed by atoms with van der Waals surface area (Å²) in [6.07, 6.45) is -1.83. The molecule has 0 aromatic carbocycles. The van der Waals surface area contributed by atoms with Crippen LogP contribution in [0.3, 0.4) is 0 Å². The van der Waals surface area contributed by atoms with Crippen LogP contribution in [-0.2, 0) is 0 Å². The Morgan fingerprint density at radius 3 is 1.29 bits per heavy atom. The Labute approximate surface area is 105 Å². The second-order valence-corrected chi connectivity index (χ2v) is 0.283. The molecular weight excluding hydrogens is 138 g/mol. The molecule has 0 bridgehead atoms. The topological polar surface area (TPSA) is 89.0 Å². The minimum atomic E-state index is -1.83. The van der Waals surface area contributed by atoms with Crippen LogP contribution in [0.4, 0.5) is 4.79 Å². The summed E-state index contributed by atoms with van der Waals surface area (Å²) >= 11 is 0. The quantitative estimate of drug-likeness (QED) is 0.389. The molecule has 0 aliphatic carbocycles. The average molecular weight is 144 g/mol. The molecule has 4 nitrogen and oxygen atoms in total. The molecule has 7 heavy (non-hydrogen) atoms. The predicted octanol–water partition coefficient (Wildman–Crippen LogP) is -1.90. The summed E-state index contributed by atoms with van der Waals surface area (Å²) in [5.41, 5.74) is 0. The molecular formula is CH6KNaO4. The first-order valence-electron chi connectivity index (χ1n) is 0.651. The van der Waals surface area contributed by atoms with Crippen LogP contribution in [0.2, 0.25) is 0 Å². The first-order valence-corrected chi connectivity index (χ1v) is 0.651. The number of hydrogen-bond donors (Lipinski definition) is 2. The Hall–Kier alpha value is 1.87. The van der Waals surface area contributed by atoms with Crippen molar-refractivity contribution in [3.63, 3.8) is 0 Å². The van der Waals surface area contributed by atoms with E-state index in [2.05, 4.69) is 0 Å². The van der Waals surface area contributed by atoms with E-state index >= 15 is 0 Å². The van der Waals surface area contributed by atoms with E-state index in [-0.39, 0.29) is 86.4 Å². The number of carboxylic acid groups (broad SMARTS) is 2. The molecule has 4 N–H and O–H groups in total. The third kappa shape index (κ3) is 77.7. The van der Waals surface area contributed by atoms with Gasteiger partial charge >= 0.3 is 87.1 Å². The Morgan fingerprint density at radius 2 is 1.29 bits per heavy atom. The van der Waals surface area contributed by atoms with Crippen molar-refractivity contribution in [2.24, 2.45) is 0 Å². The molecule has 0 aromatic rings. The molecule has 0 radical (unpaired) electrons. The second-order valence-electron chi connectivity index (χ2n) is 0.283. The zero-order chi connectivity index (χ0) is 3.58. The Balaban J connectivity index is -0.0000000150. The van der Waals surface area contributed by atoms with Crippen molar-refractivity contribution in [1.82, 2.24) is 0 Å². The molecule has 0 saturated carbocycles. The molecule has 0 atom stereocenters. The summed E-state index contributed by atoms with van der Waals surface area (Å²) in [7, 11) is 0. The van der Waals surface area contributed by atoms with Gasteiger partial charge in [0, 0.05) is 0 Å². The summed E-state index contributed by atoms with van der Waals surface area (Å²) in [4.78, 5) is 8.56. The van der Waals surface area contributed by atoms with E-state index in [1.165, 1.54) is 0 Å². The first kappa shape index (κ1) is 23.2. The van der Waals surface area contributed by atoms with Gasteiger partial charge in [0.25, 0.3) is 0 Å². The fourth-order valence-electron chi connectivity index (χ4n) is 0. The molecule has 0 aliphatic heterocycles. The Bertz CT molecular complexity index is 34.7. The van der Waals surface area contributed by atoms with Gasteiger partial charge in [0.05, 0.1) is 0 Å². The molecule has 0 unspecified atom stereocenters. The van der Waals surface area contributed by atoms with Crippen LogP contribution in [0, 0.1) is 0 Å². The fraction of sp³-hybridized carbons (Fsp3) is 0. The van der Waals surface area contributed by atoms with Crippen molar-refractivity contribution in [2.45, 2.75) is 0 Å². The summed E-state index contributed by atoms with van der Waals surface area (Å²) in [5, 5.41) is 13.9. The van der Waals surface area contributed by atoms with Crippen LogP contribution in [-0.4, -0.2) is 103 Å². The van der Waals surface area contributed by atoms with Gasteiger partial charge in [-0.2, -0.15) is 0 Å². The van der Waals surface area contributed by atoms with Gasteiger partial charge in [0.15, 0.2) is 0 Å². The molecule has 6 heteroatoms. The van der Waals surface area contributed by atoms with E-state index in [0.29, 0.717) is 0 Å². The number of rotatable bonds is 0. The van der Waals surface area contributed by atoms with Crippen LogP contribution >= 0.6 is 0 Å². The van der Waals surface area contributed by atoms with Gasteiger partial charge in [0.1, 0.15) is 0 Å². The normalized spacial score (nSPS) is 3.43. The van der Waals surface area contributed by atoms with Crippen LogP contribution in [0.15, 0.2) is 0 Å². The van der Waals surface area contributed by atoms with Gasteiger partial charge in [-0.15, -0.1) is 0 Å². The Kier molecular flexibility index (Phi) is 51.8. The van der Waals surface area contributed by atoms with E-state index in [0.717, 1.165) is 0 Å². The molecule has 0 saturated heterocycles. The molecule has 0 fully saturated rings. The van der Waals surface area contributed by atoms with E-state index in [9.17, 15) is 0 Å². The molecule has 0 aromatic heterocycles. The molecule has 36 valence electrons. The van der Waals surface area contributed by atoms with E-state index in [4.69, 9.17) is 15.0 Å². The van der Waals surface area contributed by atoms with Crippen LogP contribution in [0.25, 0.3) is 0 Å². The Morgan fingerprint density at radius 1 is 1.29 bits per heavy atom. The van der Waals surface area contributed by atoms with Gasteiger partial charge < -0.3 is 15.7 Å². The third-order valence-corrected chi connectivity index (χ3v) is 0. The first-order chi connectivity index (χ1) is 1.73. The van der Waals surface area contributed by atoms with Crippen molar-refractivity contribution in [3.05, 3.63) is 0 Å². The van der Waals surface area contributed by atoms with E-state index in [1.807, 2.05) is 0 Å². The van der Waals surface area contributed by atoms with Crippen molar-refractivity contribution in [2.75, 3.05) is 0 Å². The van der Waals surface area contributed by atoms with Crippen molar-refractivity contribution in [1.29, 1.82) is 0 Å². The maximum atomic E-state index is 8.56. The van der Waals surface area contributed by atoms with Gasteiger partial charge in [-0.3, -0.25) is 0 Å². The second kappa shape index (κ2) is 15.7. The minimum absolute atomic E-state index is 0. The SMILES string of the molecule is O.O=C(O)O.[KH].[NaH]. The van der Waals surface area contributed by atoms with Crippen molar-refractivity contribution < 1.29 is 20.5 Å². The van der Waals surface area contributed by atoms with Gasteiger partial charge in [-0.1, -0.05) is 0 Å². The van der Waals surface area contributed by atoms with Crippen molar-refractivity contribution >= 4 is 87.1 Å². The molecule has 0 spiro atoms. The summed E-state index contributed by atoms with van der Waals surface area (Å²) in [6.45, 7) is 0. The average Bonchev–Trinajstić information content (AvgIpc) is 0.811. The summed E-state index contributed by atoms with van der Waals surface area (Å²) in [6, 6.07) is 0. The predicted molar refractivity (Wildman–Crippen MR) is 28.6 cm³/mol. The van der Waals surface area contributed by atoms with E-state index < -0.39 is 6.16 Å². The number of carbonyl (C=O) groups is 1. The van der Waals surface area contributed by atoms with Gasteiger partial charge in [0.2, 0.25) is 0 Å². The van der Waals surface area contributed by atoms with Gasteiger partial charge in [-0.05, 0) is 0 Å². The summed E-state index contributed by atoms with van der Waals surface area (Å²) in [5.74, 6) is 0. The number of hydrogen-bond acceptors (Lipinski definition) is 1. The zero-order valence-corrected chi connectivity index (χ0v) is 2.30. The van der Waals surface area contributed by atoms with Gasteiger partial charge in [-0.25, -0.2) is 4.79 Å². The maximum absolute atomic E-state index is 8.56. The molecule has 0 rings (SSSR count). The monoisotopic (exact) mass is 144 g/mol. The van der Waals surface area contributed by atoms with E-state index in [1.54, 1.807) is 0 Å². The summed E-state index contributed by atoms with van der Waals surface area (Å²) < 4.78 is 0. The fourth-order valence-corrected chi connectivity index (χ4v) is 0. The van der Waals surface area contributed by atoms with Crippen molar-refractivity contribution in [3.8, 4) is 0 Å².